The molecule has 1 aliphatic rings. The van der Waals surface area contributed by atoms with E-state index in [2.05, 4.69) is 10.6 Å². The van der Waals surface area contributed by atoms with Crippen molar-refractivity contribution in [3.8, 4) is 0 Å². The molecule has 0 radical (unpaired) electrons. The van der Waals surface area contributed by atoms with E-state index in [0.29, 0.717) is 18.5 Å². The third-order valence-electron chi connectivity index (χ3n) is 4.13. The summed E-state index contributed by atoms with van der Waals surface area (Å²) >= 11 is 0. The van der Waals surface area contributed by atoms with Crippen LogP contribution in [0.1, 0.15) is 42.1 Å². The van der Waals surface area contributed by atoms with Crippen molar-refractivity contribution in [3.63, 3.8) is 0 Å². The smallest absolute Gasteiger partial charge is 0.251 e. The van der Waals surface area contributed by atoms with E-state index in [1.807, 2.05) is 32.0 Å². The number of nitrogens with one attached hydrogen (secondary N) is 2. The molecule has 0 heterocycles. The van der Waals surface area contributed by atoms with E-state index < -0.39 is 0 Å². The maximum absolute atomic E-state index is 11.8. The minimum atomic E-state index is -0.0112. The summed E-state index contributed by atoms with van der Waals surface area (Å²) in [6, 6.07) is 6.30. The Morgan fingerprint density at radius 1 is 1.40 bits per heavy atom. The summed E-state index contributed by atoms with van der Waals surface area (Å²) < 4.78 is 0. The zero-order chi connectivity index (χ0) is 14.5. The van der Waals surface area contributed by atoms with Crippen LogP contribution < -0.4 is 16.4 Å². The summed E-state index contributed by atoms with van der Waals surface area (Å²) in [4.78, 5) is 11.8. The highest BCUT2D eigenvalue weighted by atomic mass is 16.1. The lowest BCUT2D eigenvalue weighted by molar-refractivity contribution is 0.0956. The Hall–Kier alpha value is -1.55. The molecule has 1 aromatic rings. The van der Waals surface area contributed by atoms with Crippen LogP contribution >= 0.6 is 0 Å². The van der Waals surface area contributed by atoms with Crippen LogP contribution in [0.5, 0.6) is 0 Å². The van der Waals surface area contributed by atoms with Crippen molar-refractivity contribution in [3.05, 3.63) is 29.3 Å². The topological polar surface area (TPSA) is 67.2 Å². The fourth-order valence-electron chi connectivity index (χ4n) is 2.94. The first-order chi connectivity index (χ1) is 9.65. The van der Waals surface area contributed by atoms with Gasteiger partial charge >= 0.3 is 0 Å². The summed E-state index contributed by atoms with van der Waals surface area (Å²) in [5.74, 6) is 0.556. The van der Waals surface area contributed by atoms with Crippen molar-refractivity contribution in [1.29, 1.82) is 0 Å². The first-order valence-electron chi connectivity index (χ1n) is 7.51. The molecule has 1 saturated carbocycles. The Bertz CT molecular complexity index is 473. The predicted molar refractivity (Wildman–Crippen MR) is 83.0 cm³/mol. The van der Waals surface area contributed by atoms with Gasteiger partial charge in [0.1, 0.15) is 0 Å². The molecular weight excluding hydrogens is 250 g/mol. The number of anilines is 1. The Labute approximate surface area is 121 Å². The molecule has 1 aromatic carbocycles. The van der Waals surface area contributed by atoms with Crippen LogP contribution in [0.4, 0.5) is 5.69 Å². The van der Waals surface area contributed by atoms with Gasteiger partial charge in [-0.15, -0.1) is 0 Å². The number of carbonyl (C=O) groups is 1. The number of hydrogen-bond donors (Lipinski definition) is 3. The minimum absolute atomic E-state index is 0.0112. The van der Waals surface area contributed by atoms with E-state index in [-0.39, 0.29) is 5.91 Å². The zero-order valence-corrected chi connectivity index (χ0v) is 12.4. The lowest BCUT2D eigenvalue weighted by Crippen LogP contribution is -2.29. The average molecular weight is 275 g/mol. The van der Waals surface area contributed by atoms with Gasteiger partial charge in [0.05, 0.1) is 0 Å². The Morgan fingerprint density at radius 2 is 2.20 bits per heavy atom. The molecule has 1 fully saturated rings. The van der Waals surface area contributed by atoms with E-state index in [1.165, 1.54) is 19.3 Å². The summed E-state index contributed by atoms with van der Waals surface area (Å²) in [7, 11) is 0. The van der Waals surface area contributed by atoms with Gasteiger partial charge in [-0.25, -0.2) is 0 Å². The fraction of sp³-hybridized carbons (Fsp3) is 0.562. The number of aryl methyl sites for hydroxylation is 1. The second-order valence-electron chi connectivity index (χ2n) is 5.57. The number of amides is 1. The van der Waals surface area contributed by atoms with Crippen LogP contribution in [0.15, 0.2) is 18.2 Å². The van der Waals surface area contributed by atoms with Crippen molar-refractivity contribution in [2.75, 3.05) is 18.4 Å². The fourth-order valence-corrected chi connectivity index (χ4v) is 2.94. The molecule has 0 aliphatic heterocycles. The number of nitrogens with two attached hydrogens (primary N) is 1. The normalized spacial score (nSPS) is 21.8. The molecule has 110 valence electrons. The van der Waals surface area contributed by atoms with E-state index in [9.17, 15) is 4.79 Å². The van der Waals surface area contributed by atoms with Gasteiger partial charge in [0.25, 0.3) is 5.91 Å². The standard InChI is InChI=1S/C16H25N3O/c1-3-18-16(20)12-7-8-14(11(2)9-12)19-15-6-4-5-13(15)10-17/h7-9,13,15,19H,3-6,10,17H2,1-2H3,(H,18,20). The van der Waals surface area contributed by atoms with Gasteiger partial charge in [0, 0.05) is 23.8 Å². The summed E-state index contributed by atoms with van der Waals surface area (Å²) in [5.41, 5.74) is 8.76. The van der Waals surface area contributed by atoms with Gasteiger partial charge in [-0.2, -0.15) is 0 Å². The Balaban J connectivity index is 2.08. The summed E-state index contributed by atoms with van der Waals surface area (Å²) in [6.07, 6.45) is 3.64. The molecule has 0 aromatic heterocycles. The molecule has 2 unspecified atom stereocenters. The van der Waals surface area contributed by atoms with E-state index in [0.717, 1.165) is 23.4 Å². The third-order valence-corrected chi connectivity index (χ3v) is 4.13. The lowest BCUT2D eigenvalue weighted by atomic mass is 10.0. The Kier molecular flexibility index (Phi) is 5.01. The van der Waals surface area contributed by atoms with E-state index in [4.69, 9.17) is 5.73 Å². The molecule has 2 atom stereocenters. The number of hydrogen-bond acceptors (Lipinski definition) is 3. The van der Waals surface area contributed by atoms with Crippen molar-refractivity contribution < 1.29 is 4.79 Å². The van der Waals surface area contributed by atoms with Crippen LogP contribution in [-0.4, -0.2) is 25.0 Å². The largest absolute Gasteiger partial charge is 0.382 e. The zero-order valence-electron chi connectivity index (χ0n) is 12.4. The van der Waals surface area contributed by atoms with Crippen molar-refractivity contribution in [1.82, 2.24) is 5.32 Å². The van der Waals surface area contributed by atoms with Gasteiger partial charge in [-0.05, 0) is 62.9 Å². The minimum Gasteiger partial charge on any atom is -0.382 e. The molecule has 2 rings (SSSR count). The van der Waals surface area contributed by atoms with Crippen molar-refractivity contribution in [2.24, 2.45) is 11.7 Å². The van der Waals surface area contributed by atoms with Gasteiger partial charge in [0.15, 0.2) is 0 Å². The highest BCUT2D eigenvalue weighted by Crippen LogP contribution is 2.29. The first-order valence-corrected chi connectivity index (χ1v) is 7.51. The predicted octanol–water partition coefficient (Wildman–Crippen LogP) is 2.28. The van der Waals surface area contributed by atoms with Crippen LogP contribution in [0.25, 0.3) is 0 Å². The van der Waals surface area contributed by atoms with Gasteiger partial charge < -0.3 is 16.4 Å². The quantitative estimate of drug-likeness (QED) is 0.772. The highest BCUT2D eigenvalue weighted by molar-refractivity contribution is 5.94. The van der Waals surface area contributed by atoms with Crippen molar-refractivity contribution >= 4 is 11.6 Å². The Morgan fingerprint density at radius 3 is 2.85 bits per heavy atom. The van der Waals surface area contributed by atoms with Gasteiger partial charge in [-0.3, -0.25) is 4.79 Å². The molecule has 0 saturated heterocycles. The molecule has 4 nitrogen and oxygen atoms in total. The maximum atomic E-state index is 11.8. The summed E-state index contributed by atoms with van der Waals surface area (Å²) in [5, 5.41) is 6.42. The second kappa shape index (κ2) is 6.75. The average Bonchev–Trinajstić information content (AvgIpc) is 2.88. The number of carbonyl (C=O) groups excluding carboxylic acids is 1. The van der Waals surface area contributed by atoms with Gasteiger partial charge in [-0.1, -0.05) is 6.42 Å². The first kappa shape index (κ1) is 14.9. The molecule has 4 heteroatoms. The molecule has 20 heavy (non-hydrogen) atoms. The molecule has 0 bridgehead atoms. The summed E-state index contributed by atoms with van der Waals surface area (Å²) in [6.45, 7) is 5.36. The molecule has 1 amide bonds. The molecular formula is C16H25N3O. The monoisotopic (exact) mass is 275 g/mol. The number of rotatable bonds is 5. The molecule has 0 spiro atoms. The van der Waals surface area contributed by atoms with Crippen LogP contribution in [-0.2, 0) is 0 Å². The number of benzene rings is 1. The maximum Gasteiger partial charge on any atom is 0.251 e. The molecule has 4 N–H and O–H groups in total. The van der Waals surface area contributed by atoms with Crippen LogP contribution in [0.2, 0.25) is 0 Å². The third kappa shape index (κ3) is 3.31. The van der Waals surface area contributed by atoms with Crippen LogP contribution in [0, 0.1) is 12.8 Å². The van der Waals surface area contributed by atoms with Gasteiger partial charge in [0.2, 0.25) is 0 Å². The SMILES string of the molecule is CCNC(=O)c1ccc(NC2CCCC2CN)c(C)c1. The van der Waals surface area contributed by atoms with Crippen LogP contribution in [0.3, 0.4) is 0 Å². The lowest BCUT2D eigenvalue weighted by Gasteiger charge is -2.22. The van der Waals surface area contributed by atoms with E-state index >= 15 is 0 Å². The second-order valence-corrected chi connectivity index (χ2v) is 5.57. The highest BCUT2D eigenvalue weighted by Gasteiger charge is 2.26. The molecule has 1 aliphatic carbocycles. The van der Waals surface area contributed by atoms with Crippen molar-refractivity contribution in [2.45, 2.75) is 39.2 Å². The van der Waals surface area contributed by atoms with E-state index in [1.54, 1.807) is 0 Å².